The second kappa shape index (κ2) is 6.44. The average molecular weight is 302 g/mol. The Morgan fingerprint density at radius 3 is 2.95 bits per heavy atom. The van der Waals surface area contributed by atoms with E-state index < -0.39 is 0 Å². The lowest BCUT2D eigenvalue weighted by Gasteiger charge is -2.32. The third-order valence-electron chi connectivity index (χ3n) is 4.34. The molecule has 1 aliphatic heterocycles. The van der Waals surface area contributed by atoms with Gasteiger partial charge in [-0.05, 0) is 44.8 Å². The van der Waals surface area contributed by atoms with Gasteiger partial charge in [0.25, 0.3) is 11.6 Å². The van der Waals surface area contributed by atoms with E-state index in [1.54, 1.807) is 6.20 Å². The fourth-order valence-electron chi connectivity index (χ4n) is 2.93. The van der Waals surface area contributed by atoms with Gasteiger partial charge in [-0.1, -0.05) is 12.1 Å². The largest absolute Gasteiger partial charge is 0.339 e. The van der Waals surface area contributed by atoms with Crippen LogP contribution in [0.3, 0.4) is 0 Å². The number of nitrogens with zero attached hydrogens (tertiary/aromatic N) is 3. The Kier molecular flexibility index (Phi) is 4.38. The van der Waals surface area contributed by atoms with Crippen LogP contribution in [0.4, 0.5) is 0 Å². The number of nitrogens with one attached hydrogen (secondary N) is 1. The molecule has 1 amide bonds. The standard InChI is InChI=1S/C16H22N4O2/c1-3-17-9-12-4-6-20(7-5-12)16(21)13-8-14-11(2)19-22-15(14)18-10-13/h8,10,12,17H,3-7,9H2,1-2H3. The number of aryl methyl sites for hydroxylation is 1. The van der Waals surface area contributed by atoms with E-state index in [-0.39, 0.29) is 5.91 Å². The Labute approximate surface area is 129 Å². The molecule has 0 aliphatic carbocycles. The third-order valence-corrected chi connectivity index (χ3v) is 4.34. The van der Waals surface area contributed by atoms with Crippen LogP contribution < -0.4 is 5.32 Å². The van der Waals surface area contributed by atoms with Crippen LogP contribution in [0.15, 0.2) is 16.8 Å². The molecule has 0 spiro atoms. The first-order chi connectivity index (χ1) is 10.7. The van der Waals surface area contributed by atoms with E-state index >= 15 is 0 Å². The van der Waals surface area contributed by atoms with Crippen molar-refractivity contribution < 1.29 is 9.32 Å². The second-order valence-electron chi connectivity index (χ2n) is 5.89. The van der Waals surface area contributed by atoms with Gasteiger partial charge in [-0.25, -0.2) is 4.98 Å². The predicted molar refractivity (Wildman–Crippen MR) is 83.7 cm³/mol. The number of rotatable bonds is 4. The van der Waals surface area contributed by atoms with Gasteiger partial charge in [0.15, 0.2) is 0 Å². The van der Waals surface area contributed by atoms with Gasteiger partial charge in [0.1, 0.15) is 0 Å². The van der Waals surface area contributed by atoms with Crippen LogP contribution in [-0.2, 0) is 0 Å². The van der Waals surface area contributed by atoms with E-state index in [0.29, 0.717) is 17.2 Å². The summed E-state index contributed by atoms with van der Waals surface area (Å²) in [7, 11) is 0. The van der Waals surface area contributed by atoms with Gasteiger partial charge in [0.05, 0.1) is 16.6 Å². The summed E-state index contributed by atoms with van der Waals surface area (Å²) in [6.07, 6.45) is 3.70. The summed E-state index contributed by atoms with van der Waals surface area (Å²) in [6, 6.07) is 1.83. The van der Waals surface area contributed by atoms with Gasteiger partial charge in [-0.15, -0.1) is 0 Å². The zero-order chi connectivity index (χ0) is 15.5. The molecule has 22 heavy (non-hydrogen) atoms. The molecule has 1 saturated heterocycles. The molecule has 6 heteroatoms. The number of piperidine rings is 1. The van der Waals surface area contributed by atoms with Crippen molar-refractivity contribution in [1.29, 1.82) is 0 Å². The highest BCUT2D eigenvalue weighted by Gasteiger charge is 2.24. The topological polar surface area (TPSA) is 71.3 Å². The van der Waals surface area contributed by atoms with E-state index in [4.69, 9.17) is 4.52 Å². The smallest absolute Gasteiger partial charge is 0.257 e. The third kappa shape index (κ3) is 2.97. The molecule has 2 aromatic rings. The Morgan fingerprint density at radius 1 is 1.45 bits per heavy atom. The number of carbonyl (C=O) groups is 1. The molecular formula is C16H22N4O2. The number of aromatic nitrogens is 2. The molecule has 0 atom stereocenters. The summed E-state index contributed by atoms with van der Waals surface area (Å²) in [5, 5.41) is 8.08. The molecule has 2 aromatic heterocycles. The van der Waals surface area contributed by atoms with Crippen LogP contribution in [0.5, 0.6) is 0 Å². The molecule has 118 valence electrons. The van der Waals surface area contributed by atoms with Crippen LogP contribution in [0.1, 0.15) is 35.8 Å². The molecule has 1 N–H and O–H groups in total. The van der Waals surface area contributed by atoms with Crippen molar-refractivity contribution in [3.8, 4) is 0 Å². The highest BCUT2D eigenvalue weighted by molar-refractivity contribution is 5.97. The average Bonchev–Trinajstić information content (AvgIpc) is 2.93. The van der Waals surface area contributed by atoms with Gasteiger partial charge >= 0.3 is 0 Å². The minimum Gasteiger partial charge on any atom is -0.339 e. The lowest BCUT2D eigenvalue weighted by molar-refractivity contribution is 0.0690. The number of pyridine rings is 1. The molecule has 1 fully saturated rings. The Balaban J connectivity index is 1.67. The maximum absolute atomic E-state index is 12.6. The van der Waals surface area contributed by atoms with Crippen molar-refractivity contribution in [2.45, 2.75) is 26.7 Å². The number of hydrogen-bond donors (Lipinski definition) is 1. The number of amides is 1. The summed E-state index contributed by atoms with van der Waals surface area (Å²) >= 11 is 0. The summed E-state index contributed by atoms with van der Waals surface area (Å²) in [5.41, 5.74) is 1.86. The molecule has 0 aromatic carbocycles. The van der Waals surface area contributed by atoms with Crippen molar-refractivity contribution in [2.75, 3.05) is 26.2 Å². The van der Waals surface area contributed by atoms with Gasteiger partial charge in [0, 0.05) is 19.3 Å². The van der Waals surface area contributed by atoms with Crippen molar-refractivity contribution in [3.05, 3.63) is 23.5 Å². The number of hydrogen-bond acceptors (Lipinski definition) is 5. The minimum atomic E-state index is 0.0527. The molecule has 3 rings (SSSR count). The van der Waals surface area contributed by atoms with E-state index in [0.717, 1.165) is 50.1 Å². The first kappa shape index (κ1) is 15.0. The lowest BCUT2D eigenvalue weighted by atomic mass is 9.96. The highest BCUT2D eigenvalue weighted by Crippen LogP contribution is 2.21. The molecule has 3 heterocycles. The summed E-state index contributed by atoms with van der Waals surface area (Å²) in [6.45, 7) is 7.66. The van der Waals surface area contributed by atoms with Crippen molar-refractivity contribution >= 4 is 17.0 Å². The maximum atomic E-state index is 12.6. The monoisotopic (exact) mass is 302 g/mol. The van der Waals surface area contributed by atoms with E-state index in [2.05, 4.69) is 22.4 Å². The molecule has 0 unspecified atom stereocenters. The Morgan fingerprint density at radius 2 is 2.23 bits per heavy atom. The van der Waals surface area contributed by atoms with E-state index in [1.807, 2.05) is 17.9 Å². The van der Waals surface area contributed by atoms with Crippen molar-refractivity contribution in [2.24, 2.45) is 5.92 Å². The lowest BCUT2D eigenvalue weighted by Crippen LogP contribution is -2.40. The molecule has 0 bridgehead atoms. The molecule has 6 nitrogen and oxygen atoms in total. The highest BCUT2D eigenvalue weighted by atomic mass is 16.5. The van der Waals surface area contributed by atoms with Crippen LogP contribution in [0.25, 0.3) is 11.1 Å². The SMILES string of the molecule is CCNCC1CCN(C(=O)c2cnc3onc(C)c3c2)CC1. The summed E-state index contributed by atoms with van der Waals surface area (Å²) in [4.78, 5) is 18.7. The minimum absolute atomic E-state index is 0.0527. The van der Waals surface area contributed by atoms with Crippen LogP contribution >= 0.6 is 0 Å². The molecule has 1 aliphatic rings. The zero-order valence-corrected chi connectivity index (χ0v) is 13.1. The van der Waals surface area contributed by atoms with E-state index in [9.17, 15) is 4.79 Å². The van der Waals surface area contributed by atoms with Gasteiger partial charge in [0.2, 0.25) is 0 Å². The molecule has 0 saturated carbocycles. The Hall–Kier alpha value is -1.95. The normalized spacial score (nSPS) is 16.4. The first-order valence-corrected chi connectivity index (χ1v) is 7.91. The van der Waals surface area contributed by atoms with Gasteiger partial charge in [-0.3, -0.25) is 4.79 Å². The van der Waals surface area contributed by atoms with Crippen LogP contribution in [0, 0.1) is 12.8 Å². The van der Waals surface area contributed by atoms with Crippen molar-refractivity contribution in [3.63, 3.8) is 0 Å². The first-order valence-electron chi connectivity index (χ1n) is 7.91. The van der Waals surface area contributed by atoms with Crippen molar-refractivity contribution in [1.82, 2.24) is 20.4 Å². The van der Waals surface area contributed by atoms with Gasteiger partial charge in [-0.2, -0.15) is 0 Å². The quantitative estimate of drug-likeness (QED) is 0.935. The molecule has 0 radical (unpaired) electrons. The van der Waals surface area contributed by atoms with Crippen LogP contribution in [0.2, 0.25) is 0 Å². The Bertz CT molecular complexity index is 659. The second-order valence-corrected chi connectivity index (χ2v) is 5.89. The fraction of sp³-hybridized carbons (Fsp3) is 0.562. The van der Waals surface area contributed by atoms with Gasteiger partial charge < -0.3 is 14.7 Å². The number of carbonyl (C=O) groups excluding carboxylic acids is 1. The predicted octanol–water partition coefficient (Wildman–Crippen LogP) is 1.99. The zero-order valence-electron chi connectivity index (χ0n) is 13.1. The van der Waals surface area contributed by atoms with E-state index in [1.165, 1.54) is 0 Å². The number of fused-ring (bicyclic) bond motifs is 1. The summed E-state index contributed by atoms with van der Waals surface area (Å²) < 4.78 is 5.09. The summed E-state index contributed by atoms with van der Waals surface area (Å²) in [5.74, 6) is 0.724. The molecular weight excluding hydrogens is 280 g/mol. The fourth-order valence-corrected chi connectivity index (χ4v) is 2.93. The number of likely N-dealkylation sites (tertiary alicyclic amines) is 1. The maximum Gasteiger partial charge on any atom is 0.257 e. The van der Waals surface area contributed by atoms with Crippen LogP contribution in [-0.4, -0.2) is 47.1 Å².